The Hall–Kier alpha value is -2.02. The van der Waals surface area contributed by atoms with Crippen LogP contribution in [0.2, 0.25) is 0 Å². The Bertz CT molecular complexity index is 278. The lowest BCUT2D eigenvalue weighted by Gasteiger charge is -2.17. The highest BCUT2D eigenvalue weighted by atomic mass is 16.5. The van der Waals surface area contributed by atoms with Crippen LogP contribution in [0, 0.1) is 0 Å². The van der Waals surface area contributed by atoms with Crippen LogP contribution in [-0.4, -0.2) is 44.6 Å². The molecule has 0 aromatic carbocycles. The first kappa shape index (κ1) is 15.0. The molecular formula is C10H14O7. The third kappa shape index (κ3) is 6.21. The number of carbonyl (C=O) groups is 2. The average Bonchev–Trinajstić information content (AvgIpc) is 2.27. The molecule has 2 atom stereocenters. The molecule has 0 aromatic rings. The van der Waals surface area contributed by atoms with Crippen LogP contribution < -0.4 is 0 Å². The predicted molar refractivity (Wildman–Crippen MR) is 56.7 cm³/mol. The molecular weight excluding hydrogens is 232 g/mol. The number of aliphatic hydroxyl groups is 2. The van der Waals surface area contributed by atoms with E-state index >= 15 is 0 Å². The first-order chi connectivity index (χ1) is 8.02. The molecule has 96 valence electrons. The monoisotopic (exact) mass is 246 g/mol. The van der Waals surface area contributed by atoms with Crippen molar-refractivity contribution >= 4 is 11.9 Å². The minimum Gasteiger partial charge on any atom is -0.516 e. The number of aliphatic hydroxyl groups excluding tert-OH is 2. The van der Waals surface area contributed by atoms with Gasteiger partial charge in [-0.15, -0.1) is 0 Å². The van der Waals surface area contributed by atoms with Gasteiger partial charge < -0.3 is 25.2 Å². The maximum absolute atomic E-state index is 10.7. The minimum atomic E-state index is -1.37. The summed E-state index contributed by atoms with van der Waals surface area (Å²) < 4.78 is 4.85. The number of hydrogen-bond acceptors (Lipinski definition) is 5. The topological polar surface area (TPSA) is 124 Å². The molecule has 0 aliphatic heterocycles. The van der Waals surface area contributed by atoms with Gasteiger partial charge in [0.2, 0.25) is 0 Å². The quantitative estimate of drug-likeness (QED) is 0.467. The Morgan fingerprint density at radius 3 is 1.53 bits per heavy atom. The average molecular weight is 246 g/mol. The molecule has 0 saturated heterocycles. The number of ether oxygens (including phenoxy) is 1. The van der Waals surface area contributed by atoms with Gasteiger partial charge >= 0.3 is 11.9 Å². The summed E-state index contributed by atoms with van der Waals surface area (Å²) in [7, 11) is 0. The molecule has 0 aliphatic carbocycles. The molecule has 0 saturated carbocycles. The smallest absolute Gasteiger partial charge is 0.333 e. The third-order valence-electron chi connectivity index (χ3n) is 1.79. The van der Waals surface area contributed by atoms with Gasteiger partial charge in [0.15, 0.2) is 12.2 Å². The molecule has 17 heavy (non-hydrogen) atoms. The van der Waals surface area contributed by atoms with Crippen molar-refractivity contribution in [1.82, 2.24) is 0 Å². The number of aliphatic carboxylic acids is 2. The zero-order valence-corrected chi connectivity index (χ0v) is 8.89. The van der Waals surface area contributed by atoms with Crippen molar-refractivity contribution in [2.75, 3.05) is 0 Å². The van der Waals surface area contributed by atoms with Crippen molar-refractivity contribution in [2.24, 2.45) is 0 Å². The summed E-state index contributed by atoms with van der Waals surface area (Å²) in [4.78, 5) is 21.5. The van der Waals surface area contributed by atoms with Crippen molar-refractivity contribution in [3.8, 4) is 0 Å². The number of carboxylic acids is 2. The van der Waals surface area contributed by atoms with E-state index in [4.69, 9.17) is 25.2 Å². The number of carboxylic acid groups (broad SMARTS) is 2. The Kier molecular flexibility index (Phi) is 7.20. The third-order valence-corrected chi connectivity index (χ3v) is 1.79. The molecule has 0 aliphatic rings. The number of rotatable bonds is 8. The van der Waals surface area contributed by atoms with E-state index in [1.165, 1.54) is 0 Å². The van der Waals surface area contributed by atoms with Gasteiger partial charge in [-0.1, -0.05) is 0 Å². The standard InChI is InChI=1S/C10H14O7/c11-5-1-3-7(9(13)14)17-8(10(15)16)4-2-6-12/h1-2,5-8,11-12H,3-4H2,(H,13,14)(H,15,16). The highest BCUT2D eigenvalue weighted by molar-refractivity contribution is 5.75. The minimum absolute atomic E-state index is 0.154. The Balaban J connectivity index is 4.55. The van der Waals surface area contributed by atoms with Crippen molar-refractivity contribution in [1.29, 1.82) is 0 Å². The van der Waals surface area contributed by atoms with Gasteiger partial charge in [0.25, 0.3) is 0 Å². The molecule has 7 nitrogen and oxygen atoms in total. The van der Waals surface area contributed by atoms with E-state index in [9.17, 15) is 9.59 Å². The molecule has 0 radical (unpaired) electrons. The van der Waals surface area contributed by atoms with Crippen molar-refractivity contribution < 1.29 is 34.8 Å². The van der Waals surface area contributed by atoms with Crippen LogP contribution in [0.1, 0.15) is 12.8 Å². The summed E-state index contributed by atoms with van der Waals surface area (Å²) in [5.74, 6) is -2.66. The molecule has 7 heteroatoms. The van der Waals surface area contributed by atoms with E-state index in [-0.39, 0.29) is 12.8 Å². The second kappa shape index (κ2) is 8.17. The summed E-state index contributed by atoms with van der Waals surface area (Å²) in [6.07, 6.45) is 0.541. The van der Waals surface area contributed by atoms with E-state index in [2.05, 4.69) is 0 Å². The second-order valence-corrected chi connectivity index (χ2v) is 3.03. The molecule has 0 aromatic heterocycles. The highest BCUT2D eigenvalue weighted by Gasteiger charge is 2.25. The summed E-state index contributed by atoms with van der Waals surface area (Å²) in [5.41, 5.74) is 0. The summed E-state index contributed by atoms with van der Waals surface area (Å²) in [6, 6.07) is 0. The van der Waals surface area contributed by atoms with Crippen molar-refractivity contribution in [3.63, 3.8) is 0 Å². The molecule has 0 amide bonds. The predicted octanol–water partition coefficient (Wildman–Crippen LogP) is 0.833. The fourth-order valence-electron chi connectivity index (χ4n) is 0.996. The Morgan fingerprint density at radius 2 is 1.29 bits per heavy atom. The lowest BCUT2D eigenvalue weighted by atomic mass is 10.2. The van der Waals surface area contributed by atoms with Gasteiger partial charge in [-0.2, -0.15) is 0 Å². The molecule has 4 N–H and O–H groups in total. The van der Waals surface area contributed by atoms with Gasteiger partial charge in [-0.3, -0.25) is 0 Å². The zero-order valence-electron chi connectivity index (χ0n) is 8.89. The van der Waals surface area contributed by atoms with Crippen LogP contribution in [0.5, 0.6) is 0 Å². The molecule has 2 unspecified atom stereocenters. The highest BCUT2D eigenvalue weighted by Crippen LogP contribution is 2.09. The van der Waals surface area contributed by atoms with E-state index in [1.807, 2.05) is 0 Å². The summed E-state index contributed by atoms with van der Waals surface area (Å²) >= 11 is 0. The largest absolute Gasteiger partial charge is 0.516 e. The summed E-state index contributed by atoms with van der Waals surface area (Å²) in [5, 5.41) is 34.3. The van der Waals surface area contributed by atoms with E-state index < -0.39 is 24.1 Å². The van der Waals surface area contributed by atoms with Crippen LogP contribution in [0.15, 0.2) is 24.7 Å². The van der Waals surface area contributed by atoms with Gasteiger partial charge in [0.1, 0.15) is 0 Å². The van der Waals surface area contributed by atoms with Crippen molar-refractivity contribution in [3.05, 3.63) is 24.7 Å². The first-order valence-electron chi connectivity index (χ1n) is 4.72. The van der Waals surface area contributed by atoms with Crippen LogP contribution in [-0.2, 0) is 14.3 Å². The fourth-order valence-corrected chi connectivity index (χ4v) is 0.996. The van der Waals surface area contributed by atoms with Crippen LogP contribution in [0.3, 0.4) is 0 Å². The molecule has 0 fully saturated rings. The first-order valence-corrected chi connectivity index (χ1v) is 4.72. The van der Waals surface area contributed by atoms with Gasteiger partial charge in [0, 0.05) is 12.8 Å². The lowest BCUT2D eigenvalue weighted by Crippen LogP contribution is -2.33. The molecule has 0 spiro atoms. The van der Waals surface area contributed by atoms with Crippen LogP contribution in [0.25, 0.3) is 0 Å². The maximum Gasteiger partial charge on any atom is 0.333 e. The molecule has 0 rings (SSSR count). The van der Waals surface area contributed by atoms with Gasteiger partial charge in [-0.05, 0) is 12.2 Å². The van der Waals surface area contributed by atoms with E-state index in [0.717, 1.165) is 12.2 Å². The van der Waals surface area contributed by atoms with Gasteiger partial charge in [-0.25, -0.2) is 9.59 Å². The SMILES string of the molecule is O=C(O)C(CC=CO)OC(CC=CO)C(=O)O. The van der Waals surface area contributed by atoms with Gasteiger partial charge in [0.05, 0.1) is 12.5 Å². The lowest BCUT2D eigenvalue weighted by molar-refractivity contribution is -0.164. The Labute approximate surface area is 97.3 Å². The van der Waals surface area contributed by atoms with E-state index in [1.54, 1.807) is 0 Å². The summed E-state index contributed by atoms with van der Waals surface area (Å²) in [6.45, 7) is 0. The normalized spacial score (nSPS) is 15.1. The van der Waals surface area contributed by atoms with Crippen LogP contribution >= 0.6 is 0 Å². The van der Waals surface area contributed by atoms with Crippen LogP contribution in [0.4, 0.5) is 0 Å². The molecule has 0 heterocycles. The number of hydrogen-bond donors (Lipinski definition) is 4. The zero-order chi connectivity index (χ0) is 13.3. The van der Waals surface area contributed by atoms with Crippen molar-refractivity contribution in [2.45, 2.75) is 25.0 Å². The van der Waals surface area contributed by atoms with E-state index in [0.29, 0.717) is 12.5 Å². The molecule has 0 bridgehead atoms. The second-order valence-electron chi connectivity index (χ2n) is 3.03. The maximum atomic E-state index is 10.7. The fraction of sp³-hybridized carbons (Fsp3) is 0.400. The Morgan fingerprint density at radius 1 is 0.941 bits per heavy atom.